The predicted molar refractivity (Wildman–Crippen MR) is 133 cm³/mol. The Bertz CT molecular complexity index is 1460. The Hall–Kier alpha value is -3.92. The minimum absolute atomic E-state index is 0.0212. The summed E-state index contributed by atoms with van der Waals surface area (Å²) in [6.07, 6.45) is 1.93. The number of hydrogen-bond acceptors (Lipinski definition) is 4. The number of hydrogen-bond donors (Lipinski definition) is 0. The Morgan fingerprint density at radius 1 is 0.879 bits per heavy atom. The number of likely N-dealkylation sites (N-methyl/N-ethyl adjacent to an activating group) is 1. The molecule has 0 fully saturated rings. The summed E-state index contributed by atoms with van der Waals surface area (Å²) in [5.74, 6) is 0.789. The Kier molecular flexibility index (Phi) is 4.06. The maximum atomic E-state index is 13.1. The van der Waals surface area contributed by atoms with Crippen molar-refractivity contribution >= 4 is 34.1 Å². The number of carbonyl (C=O) groups is 1. The van der Waals surface area contributed by atoms with Crippen molar-refractivity contribution in [2.24, 2.45) is 4.99 Å². The van der Waals surface area contributed by atoms with Gasteiger partial charge in [-0.25, -0.2) is 0 Å². The van der Waals surface area contributed by atoms with Gasteiger partial charge >= 0.3 is 0 Å². The number of fused-ring (bicyclic) bond motifs is 4. The zero-order valence-electron chi connectivity index (χ0n) is 18.9. The summed E-state index contributed by atoms with van der Waals surface area (Å²) in [6.45, 7) is 4.31. The van der Waals surface area contributed by atoms with Crippen LogP contribution in [0.1, 0.15) is 35.3 Å². The second-order valence-corrected chi connectivity index (χ2v) is 9.30. The van der Waals surface area contributed by atoms with Crippen LogP contribution >= 0.6 is 0 Å². The van der Waals surface area contributed by atoms with Crippen molar-refractivity contribution in [1.82, 2.24) is 0 Å². The van der Waals surface area contributed by atoms with Crippen LogP contribution < -0.4 is 9.64 Å². The molecule has 2 heterocycles. The predicted octanol–water partition coefficient (Wildman–Crippen LogP) is 6.29. The number of nitrogens with zero attached hydrogens (tertiary/aromatic N) is 2. The molecule has 2 aliphatic rings. The van der Waals surface area contributed by atoms with E-state index in [0.29, 0.717) is 11.1 Å². The van der Waals surface area contributed by atoms with Gasteiger partial charge in [0.05, 0.1) is 11.6 Å². The van der Waals surface area contributed by atoms with Gasteiger partial charge in [-0.2, -0.15) is 0 Å². The van der Waals surface area contributed by atoms with Gasteiger partial charge in [-0.1, -0.05) is 60.7 Å². The van der Waals surface area contributed by atoms with Gasteiger partial charge in [0.2, 0.25) is 5.72 Å². The maximum absolute atomic E-state index is 13.1. The average Bonchev–Trinajstić information content (AvgIpc) is 3.01. The largest absolute Gasteiger partial charge is 0.459 e. The third-order valence-electron chi connectivity index (χ3n) is 7.22. The summed E-state index contributed by atoms with van der Waals surface area (Å²) in [6, 6.07) is 27.6. The molecular weight excluding hydrogens is 408 g/mol. The fourth-order valence-electron chi connectivity index (χ4n) is 5.26. The van der Waals surface area contributed by atoms with Gasteiger partial charge in [-0.15, -0.1) is 0 Å². The van der Waals surface area contributed by atoms with Crippen molar-refractivity contribution in [1.29, 1.82) is 0 Å². The van der Waals surface area contributed by atoms with E-state index in [9.17, 15) is 4.79 Å². The number of anilines is 1. The first-order chi connectivity index (χ1) is 15.9. The minimum atomic E-state index is -0.792. The highest BCUT2D eigenvalue weighted by molar-refractivity contribution is 6.09. The van der Waals surface area contributed by atoms with Crippen molar-refractivity contribution in [2.75, 3.05) is 11.9 Å². The second kappa shape index (κ2) is 6.79. The van der Waals surface area contributed by atoms with Gasteiger partial charge in [-0.3, -0.25) is 9.79 Å². The molecule has 4 nitrogen and oxygen atoms in total. The normalized spacial score (nSPS) is 19.9. The molecule has 1 spiro atoms. The smallest absolute Gasteiger partial charge is 0.228 e. The van der Waals surface area contributed by atoms with Crippen LogP contribution in [0.25, 0.3) is 10.8 Å². The van der Waals surface area contributed by atoms with Crippen molar-refractivity contribution in [3.05, 3.63) is 102 Å². The van der Waals surface area contributed by atoms with Gasteiger partial charge in [0.15, 0.2) is 5.78 Å². The summed E-state index contributed by atoms with van der Waals surface area (Å²) in [5, 5.41) is 2.21. The van der Waals surface area contributed by atoms with E-state index in [1.807, 2.05) is 80.0 Å². The van der Waals surface area contributed by atoms with E-state index in [1.54, 1.807) is 0 Å². The lowest BCUT2D eigenvalue weighted by Gasteiger charge is -2.45. The lowest BCUT2D eigenvalue weighted by Crippen LogP contribution is -2.61. The van der Waals surface area contributed by atoms with E-state index in [2.05, 4.69) is 36.9 Å². The molecular formula is C29H24N2O2. The van der Waals surface area contributed by atoms with Gasteiger partial charge in [-0.05, 0) is 49.1 Å². The Morgan fingerprint density at radius 2 is 1.64 bits per heavy atom. The summed E-state index contributed by atoms with van der Waals surface area (Å²) >= 11 is 0. The standard InChI is InChI=1S/C29H24N2O2/c1-28(2)23-17-21(27(32)20-10-5-4-6-11-20)13-15-24(23)31(3)29(28)18-30-26-22-12-8-7-9-19(22)14-16-25(26)33-29/h4-18H,1-3H3. The summed E-state index contributed by atoms with van der Waals surface area (Å²) in [7, 11) is 2.03. The Labute approximate surface area is 193 Å². The molecule has 0 saturated carbocycles. The Morgan fingerprint density at radius 3 is 2.45 bits per heavy atom. The zero-order valence-corrected chi connectivity index (χ0v) is 18.9. The highest BCUT2D eigenvalue weighted by Crippen LogP contribution is 2.54. The molecule has 0 saturated heterocycles. The highest BCUT2D eigenvalue weighted by Gasteiger charge is 2.58. The fourth-order valence-corrected chi connectivity index (χ4v) is 5.26. The molecule has 0 aliphatic carbocycles. The first-order valence-electron chi connectivity index (χ1n) is 11.2. The fraction of sp³-hybridized carbons (Fsp3) is 0.172. The van der Waals surface area contributed by atoms with Gasteiger partial charge in [0.1, 0.15) is 11.4 Å². The minimum Gasteiger partial charge on any atom is -0.459 e. The van der Waals surface area contributed by atoms with Crippen molar-refractivity contribution in [3.63, 3.8) is 0 Å². The number of ether oxygens (including phenoxy) is 1. The van der Waals surface area contributed by atoms with Crippen LogP contribution in [0.15, 0.2) is 89.9 Å². The van der Waals surface area contributed by atoms with Crippen molar-refractivity contribution < 1.29 is 9.53 Å². The number of rotatable bonds is 2. The van der Waals surface area contributed by atoms with Crippen LogP contribution in [0.3, 0.4) is 0 Å². The molecule has 1 atom stereocenters. The second-order valence-electron chi connectivity index (χ2n) is 9.30. The summed E-state index contributed by atoms with van der Waals surface area (Å²) in [5.41, 5.74) is 3.10. The molecule has 33 heavy (non-hydrogen) atoms. The third-order valence-corrected chi connectivity index (χ3v) is 7.22. The lowest BCUT2D eigenvalue weighted by atomic mass is 9.77. The average molecular weight is 433 g/mol. The van der Waals surface area contributed by atoms with Crippen LogP contribution in [0.5, 0.6) is 5.75 Å². The molecule has 0 N–H and O–H groups in total. The van der Waals surface area contributed by atoms with Gasteiger partial charge < -0.3 is 9.64 Å². The van der Waals surface area contributed by atoms with E-state index in [1.165, 1.54) is 0 Å². The van der Waals surface area contributed by atoms with E-state index in [4.69, 9.17) is 9.73 Å². The monoisotopic (exact) mass is 432 g/mol. The molecule has 4 aromatic carbocycles. The summed E-state index contributed by atoms with van der Waals surface area (Å²) < 4.78 is 6.78. The van der Waals surface area contributed by atoms with Crippen molar-refractivity contribution in [3.8, 4) is 5.75 Å². The number of carbonyl (C=O) groups excluding carboxylic acids is 1. The zero-order chi connectivity index (χ0) is 22.8. The molecule has 1 unspecified atom stereocenters. The van der Waals surface area contributed by atoms with Crippen LogP contribution in [0, 0.1) is 0 Å². The lowest BCUT2D eigenvalue weighted by molar-refractivity contribution is 0.0826. The van der Waals surface area contributed by atoms with E-state index in [0.717, 1.165) is 33.5 Å². The molecule has 0 aromatic heterocycles. The number of benzene rings is 4. The van der Waals surface area contributed by atoms with Crippen LogP contribution in [0.4, 0.5) is 11.4 Å². The molecule has 0 amide bonds. The first kappa shape index (κ1) is 19.7. The molecule has 4 aromatic rings. The maximum Gasteiger partial charge on any atom is 0.228 e. The topological polar surface area (TPSA) is 41.9 Å². The van der Waals surface area contributed by atoms with Crippen LogP contribution in [-0.2, 0) is 5.41 Å². The van der Waals surface area contributed by atoms with Crippen LogP contribution in [-0.4, -0.2) is 24.8 Å². The van der Waals surface area contributed by atoms with Crippen molar-refractivity contribution in [2.45, 2.75) is 25.0 Å². The van der Waals surface area contributed by atoms with Crippen LogP contribution in [0.2, 0.25) is 0 Å². The summed E-state index contributed by atoms with van der Waals surface area (Å²) in [4.78, 5) is 20.2. The van der Waals surface area contributed by atoms with Gasteiger partial charge in [0.25, 0.3) is 0 Å². The first-order valence-corrected chi connectivity index (χ1v) is 11.2. The van der Waals surface area contributed by atoms with E-state index in [-0.39, 0.29) is 5.78 Å². The highest BCUT2D eigenvalue weighted by atomic mass is 16.5. The molecule has 0 radical (unpaired) electrons. The molecule has 162 valence electrons. The molecule has 2 aliphatic heterocycles. The Balaban J connectivity index is 1.45. The number of ketones is 1. The third kappa shape index (κ3) is 2.64. The number of aliphatic imine (C=N–C) groups is 1. The van der Waals surface area contributed by atoms with Gasteiger partial charge in [0, 0.05) is 29.2 Å². The SMILES string of the molecule is CN1c2ccc(C(=O)c3ccccc3)cc2C(C)(C)C12C=Nc1c(ccc3ccccc13)O2. The molecule has 0 bridgehead atoms. The van der Waals surface area contributed by atoms with E-state index < -0.39 is 11.1 Å². The van der Waals surface area contributed by atoms with E-state index >= 15 is 0 Å². The quantitative estimate of drug-likeness (QED) is 0.350. The molecule has 6 rings (SSSR count). The molecule has 4 heteroatoms.